The lowest BCUT2D eigenvalue weighted by Crippen LogP contribution is -2.13. The van der Waals surface area contributed by atoms with Crippen molar-refractivity contribution in [3.8, 4) is 0 Å². The number of nitrogens with two attached hydrogens (primary N) is 1. The average Bonchev–Trinajstić information content (AvgIpc) is 2.44. The lowest BCUT2D eigenvalue weighted by molar-refractivity contribution is 0.706. The maximum absolute atomic E-state index is 5.37. The first kappa shape index (κ1) is 9.40. The number of rotatable bonds is 1. The zero-order valence-electron chi connectivity index (χ0n) is 8.51. The van der Waals surface area contributed by atoms with Gasteiger partial charge in [-0.3, -0.25) is 0 Å². The normalized spacial score (nSPS) is 15.9. The molecule has 0 radical (unpaired) electrons. The summed E-state index contributed by atoms with van der Waals surface area (Å²) >= 11 is 0. The van der Waals surface area contributed by atoms with Gasteiger partial charge in [0.15, 0.2) is 5.82 Å². The lowest BCUT2D eigenvalue weighted by atomic mass is 10.0. The third-order valence-electron chi connectivity index (χ3n) is 2.90. The van der Waals surface area contributed by atoms with Crippen LogP contribution < -0.4 is 11.3 Å². The molecule has 1 aromatic rings. The number of nitrogens with one attached hydrogen (secondary N) is 1. The number of aryl methyl sites for hydroxylation is 1. The molecule has 2 rings (SSSR count). The number of hydrogen-bond donors (Lipinski definition) is 2. The van der Waals surface area contributed by atoms with Gasteiger partial charge in [0.1, 0.15) is 0 Å². The number of nitrogens with zero attached hydrogens (tertiary/aromatic N) is 2. The van der Waals surface area contributed by atoms with E-state index in [1.165, 1.54) is 36.1 Å². The van der Waals surface area contributed by atoms with Crippen molar-refractivity contribution < 1.29 is 0 Å². The summed E-state index contributed by atoms with van der Waals surface area (Å²) < 4.78 is 0. The molecule has 4 nitrogen and oxygen atoms in total. The van der Waals surface area contributed by atoms with E-state index in [1.54, 1.807) is 0 Å². The van der Waals surface area contributed by atoms with Crippen LogP contribution in [0, 0.1) is 6.92 Å². The molecular formula is C10H16N4. The van der Waals surface area contributed by atoms with Crippen LogP contribution in [-0.2, 0) is 12.8 Å². The van der Waals surface area contributed by atoms with E-state index >= 15 is 0 Å². The van der Waals surface area contributed by atoms with Gasteiger partial charge in [0.25, 0.3) is 0 Å². The van der Waals surface area contributed by atoms with E-state index in [1.807, 2.05) is 0 Å². The molecule has 1 heterocycles. The smallest absolute Gasteiger partial charge is 0.165 e. The summed E-state index contributed by atoms with van der Waals surface area (Å²) in [5.41, 5.74) is 6.28. The van der Waals surface area contributed by atoms with Crippen LogP contribution in [-0.4, -0.2) is 10.2 Å². The van der Waals surface area contributed by atoms with Gasteiger partial charge in [0.05, 0.1) is 5.69 Å². The summed E-state index contributed by atoms with van der Waals surface area (Å²) in [5.74, 6) is 6.08. The van der Waals surface area contributed by atoms with Crippen LogP contribution in [0.3, 0.4) is 0 Å². The van der Waals surface area contributed by atoms with Gasteiger partial charge in [-0.05, 0) is 43.7 Å². The SMILES string of the molecule is Cc1c(NN)nnc2c1CCCCC2. The molecule has 14 heavy (non-hydrogen) atoms. The van der Waals surface area contributed by atoms with Gasteiger partial charge in [-0.25, -0.2) is 5.84 Å². The second kappa shape index (κ2) is 3.92. The maximum atomic E-state index is 5.37. The van der Waals surface area contributed by atoms with Crippen LogP contribution in [0.1, 0.15) is 36.1 Å². The molecule has 4 heteroatoms. The Morgan fingerprint density at radius 2 is 1.93 bits per heavy atom. The molecule has 0 aromatic carbocycles. The van der Waals surface area contributed by atoms with E-state index in [2.05, 4.69) is 22.5 Å². The fourth-order valence-corrected chi connectivity index (χ4v) is 2.05. The Balaban J connectivity index is 2.44. The second-order valence-electron chi connectivity index (χ2n) is 3.80. The first-order valence-corrected chi connectivity index (χ1v) is 5.14. The van der Waals surface area contributed by atoms with Gasteiger partial charge in [0, 0.05) is 0 Å². The molecule has 1 aromatic heterocycles. The number of aromatic nitrogens is 2. The lowest BCUT2D eigenvalue weighted by Gasteiger charge is -2.10. The first-order valence-electron chi connectivity index (χ1n) is 5.14. The number of hydrazine groups is 1. The highest BCUT2D eigenvalue weighted by atomic mass is 15.3. The Bertz CT molecular complexity index is 335. The van der Waals surface area contributed by atoms with E-state index in [4.69, 9.17) is 5.84 Å². The summed E-state index contributed by atoms with van der Waals surface area (Å²) in [6.07, 6.45) is 5.96. The second-order valence-corrected chi connectivity index (χ2v) is 3.80. The summed E-state index contributed by atoms with van der Waals surface area (Å²) in [7, 11) is 0. The Morgan fingerprint density at radius 3 is 2.71 bits per heavy atom. The van der Waals surface area contributed by atoms with Crippen LogP contribution in [0.2, 0.25) is 0 Å². The standard InChI is InChI=1S/C10H16N4/c1-7-8-5-3-2-4-6-9(8)13-14-10(7)12-11/h2-6,11H2,1H3,(H,12,14). The quantitative estimate of drug-likeness (QED) is 0.400. The minimum Gasteiger partial charge on any atom is -0.307 e. The summed E-state index contributed by atoms with van der Waals surface area (Å²) in [5, 5.41) is 8.28. The molecule has 1 aliphatic carbocycles. The van der Waals surface area contributed by atoms with Gasteiger partial charge >= 0.3 is 0 Å². The third-order valence-corrected chi connectivity index (χ3v) is 2.90. The zero-order valence-corrected chi connectivity index (χ0v) is 8.51. The van der Waals surface area contributed by atoms with Crippen molar-refractivity contribution in [3.05, 3.63) is 16.8 Å². The summed E-state index contributed by atoms with van der Waals surface area (Å²) in [6.45, 7) is 2.06. The molecule has 0 unspecified atom stereocenters. The molecule has 0 fully saturated rings. The predicted molar refractivity (Wildman–Crippen MR) is 55.8 cm³/mol. The molecule has 0 amide bonds. The topological polar surface area (TPSA) is 63.8 Å². The van der Waals surface area contributed by atoms with Gasteiger partial charge in [0.2, 0.25) is 0 Å². The number of anilines is 1. The van der Waals surface area contributed by atoms with Crippen molar-refractivity contribution in [3.63, 3.8) is 0 Å². The van der Waals surface area contributed by atoms with Gasteiger partial charge in [-0.2, -0.15) is 5.10 Å². The van der Waals surface area contributed by atoms with E-state index in [0.717, 1.165) is 12.8 Å². The van der Waals surface area contributed by atoms with Gasteiger partial charge in [-0.15, -0.1) is 5.10 Å². The third kappa shape index (κ3) is 1.57. The van der Waals surface area contributed by atoms with Crippen LogP contribution in [0.25, 0.3) is 0 Å². The van der Waals surface area contributed by atoms with Crippen molar-refractivity contribution in [2.75, 3.05) is 5.43 Å². The molecule has 0 saturated heterocycles. The van der Waals surface area contributed by atoms with E-state index in [-0.39, 0.29) is 0 Å². The van der Waals surface area contributed by atoms with Gasteiger partial charge < -0.3 is 5.43 Å². The van der Waals surface area contributed by atoms with E-state index in [0.29, 0.717) is 5.82 Å². The predicted octanol–water partition coefficient (Wildman–Crippen LogP) is 1.34. The number of fused-ring (bicyclic) bond motifs is 1. The molecule has 1 aliphatic rings. The largest absolute Gasteiger partial charge is 0.307 e. The minimum atomic E-state index is 0.714. The van der Waals surface area contributed by atoms with Crippen molar-refractivity contribution in [1.82, 2.24) is 10.2 Å². The molecule has 0 aliphatic heterocycles. The van der Waals surface area contributed by atoms with Crippen molar-refractivity contribution in [2.45, 2.75) is 39.0 Å². The highest BCUT2D eigenvalue weighted by Gasteiger charge is 2.14. The van der Waals surface area contributed by atoms with E-state index in [9.17, 15) is 0 Å². The van der Waals surface area contributed by atoms with Crippen LogP contribution in [0.5, 0.6) is 0 Å². The maximum Gasteiger partial charge on any atom is 0.165 e. The first-order chi connectivity index (χ1) is 6.83. The summed E-state index contributed by atoms with van der Waals surface area (Å²) in [4.78, 5) is 0. The molecule has 0 bridgehead atoms. The van der Waals surface area contributed by atoms with Crippen molar-refractivity contribution >= 4 is 5.82 Å². The van der Waals surface area contributed by atoms with Crippen LogP contribution in [0.15, 0.2) is 0 Å². The monoisotopic (exact) mass is 192 g/mol. The van der Waals surface area contributed by atoms with Crippen LogP contribution >= 0.6 is 0 Å². The molecule has 3 N–H and O–H groups in total. The average molecular weight is 192 g/mol. The zero-order chi connectivity index (χ0) is 9.97. The number of nitrogen functional groups attached to an aromatic ring is 1. The molecule has 0 atom stereocenters. The van der Waals surface area contributed by atoms with Crippen LogP contribution in [0.4, 0.5) is 5.82 Å². The number of hydrogen-bond acceptors (Lipinski definition) is 4. The Hall–Kier alpha value is -1.16. The fraction of sp³-hybridized carbons (Fsp3) is 0.600. The Morgan fingerprint density at radius 1 is 1.14 bits per heavy atom. The molecule has 0 saturated carbocycles. The Kier molecular flexibility index (Phi) is 2.63. The minimum absolute atomic E-state index is 0.714. The molecular weight excluding hydrogens is 176 g/mol. The Labute approximate surface area is 83.9 Å². The van der Waals surface area contributed by atoms with E-state index < -0.39 is 0 Å². The van der Waals surface area contributed by atoms with Gasteiger partial charge in [-0.1, -0.05) is 6.42 Å². The molecule has 76 valence electrons. The van der Waals surface area contributed by atoms with Crippen molar-refractivity contribution in [1.29, 1.82) is 0 Å². The molecule has 0 spiro atoms. The van der Waals surface area contributed by atoms with Crippen molar-refractivity contribution in [2.24, 2.45) is 5.84 Å². The highest BCUT2D eigenvalue weighted by Crippen LogP contribution is 2.24. The fourth-order valence-electron chi connectivity index (χ4n) is 2.05. The summed E-state index contributed by atoms with van der Waals surface area (Å²) in [6, 6.07) is 0. The highest BCUT2D eigenvalue weighted by molar-refractivity contribution is 5.47.